The van der Waals surface area contributed by atoms with Gasteiger partial charge in [-0.3, -0.25) is 4.79 Å². The van der Waals surface area contributed by atoms with E-state index in [1.807, 2.05) is 36.4 Å². The van der Waals surface area contributed by atoms with E-state index in [2.05, 4.69) is 0 Å². The summed E-state index contributed by atoms with van der Waals surface area (Å²) in [5.74, 6) is -1.10. The van der Waals surface area contributed by atoms with Crippen LogP contribution in [-0.2, 0) is 19.0 Å². The fraction of sp³-hybridized carbons (Fsp3) is 0.300. The number of epoxide rings is 1. The molecule has 130 valence electrons. The highest BCUT2D eigenvalue weighted by Crippen LogP contribution is 2.29. The second-order valence-electron chi connectivity index (χ2n) is 6.15. The molecule has 0 amide bonds. The van der Waals surface area contributed by atoms with Crippen LogP contribution in [0.4, 0.5) is 0 Å². The number of hydrogen-bond acceptors (Lipinski definition) is 5. The predicted molar refractivity (Wildman–Crippen MR) is 91.2 cm³/mol. The zero-order valence-corrected chi connectivity index (χ0v) is 14.0. The Morgan fingerprint density at radius 1 is 1.00 bits per heavy atom. The van der Waals surface area contributed by atoms with Crippen molar-refractivity contribution >= 4 is 11.9 Å². The van der Waals surface area contributed by atoms with Crippen LogP contribution in [0.5, 0.6) is 0 Å². The first-order valence-electron chi connectivity index (χ1n) is 8.17. The van der Waals surface area contributed by atoms with Gasteiger partial charge < -0.3 is 14.2 Å². The molecule has 0 aliphatic carbocycles. The summed E-state index contributed by atoms with van der Waals surface area (Å²) in [4.78, 5) is 24.2. The molecule has 2 aromatic carbocycles. The SMILES string of the molecule is C[C@H](C(=O)OC[C@]1(COC(=O)c2ccccc2)CO1)c1ccccc1. The summed E-state index contributed by atoms with van der Waals surface area (Å²) in [5, 5.41) is 0. The summed E-state index contributed by atoms with van der Waals surface area (Å²) in [7, 11) is 0. The van der Waals surface area contributed by atoms with Crippen LogP contribution in [0.1, 0.15) is 28.8 Å². The van der Waals surface area contributed by atoms with Crippen molar-refractivity contribution in [3.63, 3.8) is 0 Å². The van der Waals surface area contributed by atoms with Gasteiger partial charge in [0.15, 0.2) is 5.60 Å². The molecule has 0 aromatic heterocycles. The molecule has 5 heteroatoms. The number of rotatable bonds is 7. The van der Waals surface area contributed by atoms with Gasteiger partial charge in [-0.2, -0.15) is 0 Å². The highest BCUT2D eigenvalue weighted by molar-refractivity contribution is 5.89. The van der Waals surface area contributed by atoms with Crippen LogP contribution < -0.4 is 0 Å². The molecule has 2 atom stereocenters. The zero-order chi connectivity index (χ0) is 17.7. The molecule has 1 saturated heterocycles. The van der Waals surface area contributed by atoms with Crippen LogP contribution in [0.15, 0.2) is 60.7 Å². The van der Waals surface area contributed by atoms with Gasteiger partial charge in [0.05, 0.1) is 18.1 Å². The molecular formula is C20H20O5. The number of hydrogen-bond donors (Lipinski definition) is 0. The fourth-order valence-corrected chi connectivity index (χ4v) is 2.37. The van der Waals surface area contributed by atoms with Crippen molar-refractivity contribution in [2.24, 2.45) is 0 Å². The average molecular weight is 340 g/mol. The number of carbonyl (C=O) groups is 2. The molecule has 1 heterocycles. The van der Waals surface area contributed by atoms with E-state index in [4.69, 9.17) is 14.2 Å². The largest absolute Gasteiger partial charge is 0.462 e. The molecule has 1 fully saturated rings. The average Bonchev–Trinajstić information content (AvgIpc) is 3.45. The Kier molecular flexibility index (Phi) is 5.14. The van der Waals surface area contributed by atoms with E-state index in [1.165, 1.54) is 0 Å². The number of benzene rings is 2. The monoisotopic (exact) mass is 340 g/mol. The molecular weight excluding hydrogens is 320 g/mol. The van der Waals surface area contributed by atoms with Crippen molar-refractivity contribution in [3.05, 3.63) is 71.8 Å². The van der Waals surface area contributed by atoms with Gasteiger partial charge in [0, 0.05) is 0 Å². The van der Waals surface area contributed by atoms with Crippen LogP contribution in [0, 0.1) is 0 Å². The molecule has 2 aromatic rings. The Bertz CT molecular complexity index is 722. The summed E-state index contributed by atoms with van der Waals surface area (Å²) >= 11 is 0. The van der Waals surface area contributed by atoms with E-state index in [0.717, 1.165) is 5.56 Å². The molecule has 0 N–H and O–H groups in total. The van der Waals surface area contributed by atoms with Gasteiger partial charge in [-0.15, -0.1) is 0 Å². The number of ether oxygens (including phenoxy) is 3. The first-order chi connectivity index (χ1) is 12.1. The van der Waals surface area contributed by atoms with Crippen molar-refractivity contribution in [1.29, 1.82) is 0 Å². The molecule has 0 saturated carbocycles. The summed E-state index contributed by atoms with van der Waals surface area (Å²) in [6.45, 7) is 2.34. The molecule has 25 heavy (non-hydrogen) atoms. The molecule has 1 aliphatic rings. The third kappa shape index (κ3) is 4.45. The summed E-state index contributed by atoms with van der Waals surface area (Å²) in [6.07, 6.45) is 0. The fourth-order valence-electron chi connectivity index (χ4n) is 2.37. The van der Waals surface area contributed by atoms with Crippen LogP contribution in [0.2, 0.25) is 0 Å². The first kappa shape index (κ1) is 17.2. The van der Waals surface area contributed by atoms with Crippen LogP contribution in [-0.4, -0.2) is 37.4 Å². The predicted octanol–water partition coefficient (Wildman–Crippen LogP) is 2.96. The van der Waals surface area contributed by atoms with E-state index in [0.29, 0.717) is 12.2 Å². The smallest absolute Gasteiger partial charge is 0.338 e. The second kappa shape index (κ2) is 7.49. The van der Waals surface area contributed by atoms with Crippen molar-refractivity contribution in [2.75, 3.05) is 19.8 Å². The van der Waals surface area contributed by atoms with E-state index in [-0.39, 0.29) is 25.1 Å². The Morgan fingerprint density at radius 2 is 1.56 bits per heavy atom. The lowest BCUT2D eigenvalue weighted by Crippen LogP contribution is -2.30. The quantitative estimate of drug-likeness (QED) is 0.573. The Morgan fingerprint density at radius 3 is 2.16 bits per heavy atom. The second-order valence-corrected chi connectivity index (χ2v) is 6.15. The maximum atomic E-state index is 12.2. The minimum Gasteiger partial charge on any atom is -0.462 e. The van der Waals surface area contributed by atoms with E-state index < -0.39 is 11.6 Å². The topological polar surface area (TPSA) is 65.1 Å². The first-order valence-corrected chi connectivity index (χ1v) is 8.17. The van der Waals surface area contributed by atoms with Gasteiger partial charge in [0.25, 0.3) is 0 Å². The minimum absolute atomic E-state index is 0.0632. The Labute approximate surface area is 146 Å². The van der Waals surface area contributed by atoms with Crippen molar-refractivity contribution in [1.82, 2.24) is 0 Å². The molecule has 0 unspecified atom stereocenters. The lowest BCUT2D eigenvalue weighted by atomic mass is 10.0. The summed E-state index contributed by atoms with van der Waals surface area (Å²) in [5.41, 5.74) is 0.665. The van der Waals surface area contributed by atoms with Gasteiger partial charge in [-0.1, -0.05) is 48.5 Å². The lowest BCUT2D eigenvalue weighted by Gasteiger charge is -2.16. The Balaban J connectivity index is 1.48. The van der Waals surface area contributed by atoms with Crippen molar-refractivity contribution in [2.45, 2.75) is 18.4 Å². The normalized spacial score (nSPS) is 19.7. The van der Waals surface area contributed by atoms with Crippen molar-refractivity contribution < 1.29 is 23.8 Å². The maximum absolute atomic E-state index is 12.2. The van der Waals surface area contributed by atoms with E-state index >= 15 is 0 Å². The number of carbonyl (C=O) groups excluding carboxylic acids is 2. The van der Waals surface area contributed by atoms with Gasteiger partial charge in [0.2, 0.25) is 0 Å². The molecule has 5 nitrogen and oxygen atoms in total. The number of esters is 2. The summed E-state index contributed by atoms with van der Waals surface area (Å²) in [6, 6.07) is 18.2. The van der Waals surface area contributed by atoms with Crippen molar-refractivity contribution in [3.8, 4) is 0 Å². The molecule has 1 aliphatic heterocycles. The van der Waals surface area contributed by atoms with E-state index in [9.17, 15) is 9.59 Å². The van der Waals surface area contributed by atoms with Gasteiger partial charge in [-0.05, 0) is 24.6 Å². The minimum atomic E-state index is -0.712. The van der Waals surface area contributed by atoms with E-state index in [1.54, 1.807) is 31.2 Å². The van der Waals surface area contributed by atoms with Crippen LogP contribution in [0.25, 0.3) is 0 Å². The lowest BCUT2D eigenvalue weighted by molar-refractivity contribution is -0.147. The standard InChI is InChI=1S/C20H20O5/c1-15(16-8-4-2-5-9-16)18(21)23-12-20(14-25-20)13-24-19(22)17-10-6-3-7-11-17/h2-11,15H,12-14H2,1H3/t15-,20-/m0/s1. The highest BCUT2D eigenvalue weighted by Gasteiger charge is 2.48. The maximum Gasteiger partial charge on any atom is 0.338 e. The third-order valence-corrected chi connectivity index (χ3v) is 4.16. The third-order valence-electron chi connectivity index (χ3n) is 4.16. The van der Waals surface area contributed by atoms with Gasteiger partial charge in [0.1, 0.15) is 13.2 Å². The van der Waals surface area contributed by atoms with Crippen LogP contribution in [0.3, 0.4) is 0 Å². The molecule has 3 rings (SSSR count). The van der Waals surface area contributed by atoms with Gasteiger partial charge >= 0.3 is 11.9 Å². The highest BCUT2D eigenvalue weighted by atomic mass is 16.7. The Hall–Kier alpha value is -2.66. The zero-order valence-electron chi connectivity index (χ0n) is 14.0. The van der Waals surface area contributed by atoms with Crippen LogP contribution >= 0.6 is 0 Å². The molecule has 0 spiro atoms. The summed E-state index contributed by atoms with van der Waals surface area (Å²) < 4.78 is 16.0. The molecule has 0 bridgehead atoms. The molecule has 0 radical (unpaired) electrons. The van der Waals surface area contributed by atoms with Gasteiger partial charge in [-0.25, -0.2) is 4.79 Å².